The van der Waals surface area contributed by atoms with Crippen molar-refractivity contribution in [1.82, 2.24) is 5.32 Å². The zero-order valence-electron chi connectivity index (χ0n) is 12.6. The van der Waals surface area contributed by atoms with E-state index in [2.05, 4.69) is 10.6 Å². The highest BCUT2D eigenvalue weighted by Crippen LogP contribution is 2.37. The first-order valence-corrected chi connectivity index (χ1v) is 8.10. The number of amides is 2. The second-order valence-electron chi connectivity index (χ2n) is 5.20. The molecule has 116 valence electrons. The Hall–Kier alpha value is -2.53. The zero-order chi connectivity index (χ0) is 16.2. The molecular formula is C18H16N2O2S. The molecule has 0 aromatic heterocycles. The molecule has 4 nitrogen and oxygen atoms in total. The summed E-state index contributed by atoms with van der Waals surface area (Å²) in [5.41, 5.74) is 1.79. The monoisotopic (exact) mass is 324 g/mol. The molecule has 0 saturated carbocycles. The van der Waals surface area contributed by atoms with Gasteiger partial charge in [0.2, 0.25) is 5.91 Å². The number of nitrogens with one attached hydrogen (secondary N) is 2. The molecule has 0 spiro atoms. The summed E-state index contributed by atoms with van der Waals surface area (Å²) in [5, 5.41) is 5.67. The highest BCUT2D eigenvalue weighted by Gasteiger charge is 2.21. The summed E-state index contributed by atoms with van der Waals surface area (Å²) in [6, 6.07) is 17.1. The van der Waals surface area contributed by atoms with Crippen LogP contribution < -0.4 is 10.6 Å². The molecule has 0 unspecified atom stereocenters. The maximum atomic E-state index is 12.2. The van der Waals surface area contributed by atoms with Crippen molar-refractivity contribution < 1.29 is 9.59 Å². The smallest absolute Gasteiger partial charge is 0.262 e. The van der Waals surface area contributed by atoms with Gasteiger partial charge in [0, 0.05) is 11.0 Å². The predicted molar refractivity (Wildman–Crippen MR) is 92.0 cm³/mol. The van der Waals surface area contributed by atoms with Gasteiger partial charge in [0.15, 0.2) is 0 Å². The van der Waals surface area contributed by atoms with Crippen molar-refractivity contribution in [3.8, 4) is 0 Å². The van der Waals surface area contributed by atoms with Crippen LogP contribution in [0, 0.1) is 0 Å². The fourth-order valence-electron chi connectivity index (χ4n) is 2.30. The van der Waals surface area contributed by atoms with Gasteiger partial charge in [0.05, 0.1) is 16.6 Å². The van der Waals surface area contributed by atoms with E-state index in [4.69, 9.17) is 0 Å². The number of carbonyl (C=O) groups excluding carboxylic acids is 2. The Kier molecular flexibility index (Phi) is 4.48. The quantitative estimate of drug-likeness (QED) is 0.850. The van der Waals surface area contributed by atoms with Crippen molar-refractivity contribution in [2.75, 3.05) is 5.32 Å². The molecular weight excluding hydrogens is 308 g/mol. The molecule has 3 rings (SSSR count). The molecule has 23 heavy (non-hydrogen) atoms. The van der Waals surface area contributed by atoms with Crippen LogP contribution in [0.2, 0.25) is 0 Å². The van der Waals surface area contributed by atoms with E-state index >= 15 is 0 Å². The standard InChI is InChI=1S/C18H16N2O2S/c1-12(13-7-3-2-4-8-13)19-17(21)11-16-18(22)20-14-9-5-6-10-15(14)23-16/h2-12H,1H3,(H,19,21)(H,20,22)/b16-11-/t12-/m1/s1. The number of thioether (sulfide) groups is 1. The van der Waals surface area contributed by atoms with Crippen LogP contribution in [0.4, 0.5) is 5.69 Å². The summed E-state index contributed by atoms with van der Waals surface area (Å²) in [6.45, 7) is 1.91. The third kappa shape index (κ3) is 3.63. The van der Waals surface area contributed by atoms with Crippen molar-refractivity contribution in [1.29, 1.82) is 0 Å². The van der Waals surface area contributed by atoms with Crippen molar-refractivity contribution in [3.05, 3.63) is 71.1 Å². The van der Waals surface area contributed by atoms with Gasteiger partial charge in [-0.15, -0.1) is 0 Å². The highest BCUT2D eigenvalue weighted by atomic mass is 32.2. The molecule has 0 radical (unpaired) electrons. The summed E-state index contributed by atoms with van der Waals surface area (Å²) < 4.78 is 0. The van der Waals surface area contributed by atoms with E-state index in [9.17, 15) is 9.59 Å². The van der Waals surface area contributed by atoms with Crippen molar-refractivity contribution >= 4 is 29.3 Å². The average Bonchev–Trinajstić information content (AvgIpc) is 2.56. The Balaban J connectivity index is 1.72. The van der Waals surface area contributed by atoms with Crippen LogP contribution in [0.15, 0.2) is 70.5 Å². The van der Waals surface area contributed by atoms with Gasteiger partial charge >= 0.3 is 0 Å². The van der Waals surface area contributed by atoms with Gasteiger partial charge in [-0.1, -0.05) is 54.2 Å². The molecule has 1 aliphatic heterocycles. The molecule has 1 aliphatic rings. The molecule has 0 aliphatic carbocycles. The second kappa shape index (κ2) is 6.71. The lowest BCUT2D eigenvalue weighted by Crippen LogP contribution is -2.26. The highest BCUT2D eigenvalue weighted by molar-refractivity contribution is 8.04. The zero-order valence-corrected chi connectivity index (χ0v) is 13.4. The second-order valence-corrected chi connectivity index (χ2v) is 6.29. The van der Waals surface area contributed by atoms with Gasteiger partial charge in [0.1, 0.15) is 0 Å². The third-order valence-corrected chi connectivity index (χ3v) is 4.60. The Labute approximate surface area is 139 Å². The minimum absolute atomic E-state index is 0.121. The topological polar surface area (TPSA) is 58.2 Å². The van der Waals surface area contributed by atoms with Gasteiger partial charge in [-0.05, 0) is 24.6 Å². The van der Waals surface area contributed by atoms with Gasteiger partial charge in [-0.3, -0.25) is 9.59 Å². The van der Waals surface area contributed by atoms with Crippen LogP contribution in [0.5, 0.6) is 0 Å². The number of para-hydroxylation sites is 1. The Morgan fingerprint density at radius 2 is 1.83 bits per heavy atom. The van der Waals surface area contributed by atoms with Crippen LogP contribution in [-0.4, -0.2) is 11.8 Å². The first kappa shape index (κ1) is 15.4. The van der Waals surface area contributed by atoms with Crippen molar-refractivity contribution in [2.45, 2.75) is 17.9 Å². The molecule has 0 bridgehead atoms. The predicted octanol–water partition coefficient (Wildman–Crippen LogP) is 3.49. The van der Waals surface area contributed by atoms with Crippen LogP contribution in [0.1, 0.15) is 18.5 Å². The average molecular weight is 324 g/mol. The van der Waals surface area contributed by atoms with Gasteiger partial charge in [0.25, 0.3) is 5.91 Å². The van der Waals surface area contributed by atoms with Crippen LogP contribution >= 0.6 is 11.8 Å². The van der Waals surface area contributed by atoms with Crippen molar-refractivity contribution in [3.63, 3.8) is 0 Å². The number of fused-ring (bicyclic) bond motifs is 1. The lowest BCUT2D eigenvalue weighted by molar-refractivity contribution is -0.118. The van der Waals surface area contributed by atoms with Gasteiger partial charge < -0.3 is 10.6 Å². The van der Waals surface area contributed by atoms with E-state index < -0.39 is 0 Å². The number of hydrogen-bond acceptors (Lipinski definition) is 3. The van der Waals surface area contributed by atoms with Gasteiger partial charge in [-0.25, -0.2) is 0 Å². The van der Waals surface area contributed by atoms with Crippen LogP contribution in [0.3, 0.4) is 0 Å². The summed E-state index contributed by atoms with van der Waals surface area (Å²) in [5.74, 6) is -0.533. The maximum Gasteiger partial charge on any atom is 0.262 e. The summed E-state index contributed by atoms with van der Waals surface area (Å²) in [6.07, 6.45) is 1.36. The third-order valence-electron chi connectivity index (χ3n) is 3.50. The summed E-state index contributed by atoms with van der Waals surface area (Å²) in [4.78, 5) is 25.6. The molecule has 1 atom stereocenters. The number of anilines is 1. The number of carbonyl (C=O) groups is 2. The SMILES string of the molecule is C[C@@H](NC(=O)/C=C1\Sc2ccccc2NC1=O)c1ccccc1. The van der Waals surface area contributed by atoms with E-state index in [0.717, 1.165) is 16.1 Å². The molecule has 2 aromatic carbocycles. The lowest BCUT2D eigenvalue weighted by atomic mass is 10.1. The maximum absolute atomic E-state index is 12.2. The van der Waals surface area contributed by atoms with E-state index in [-0.39, 0.29) is 17.9 Å². The largest absolute Gasteiger partial charge is 0.346 e. The Morgan fingerprint density at radius 1 is 1.13 bits per heavy atom. The first-order valence-electron chi connectivity index (χ1n) is 7.29. The van der Waals surface area contributed by atoms with E-state index in [0.29, 0.717) is 4.91 Å². The Morgan fingerprint density at radius 3 is 2.61 bits per heavy atom. The fraction of sp³-hybridized carbons (Fsp3) is 0.111. The molecule has 2 amide bonds. The van der Waals surface area contributed by atoms with E-state index in [1.165, 1.54) is 17.8 Å². The number of hydrogen-bond donors (Lipinski definition) is 2. The molecule has 0 fully saturated rings. The molecule has 2 aromatic rings. The normalized spacial score (nSPS) is 16.4. The molecule has 0 saturated heterocycles. The van der Waals surface area contributed by atoms with E-state index in [1.807, 2.05) is 61.5 Å². The summed E-state index contributed by atoms with van der Waals surface area (Å²) >= 11 is 1.30. The van der Waals surface area contributed by atoms with Gasteiger partial charge in [-0.2, -0.15) is 0 Å². The van der Waals surface area contributed by atoms with Crippen LogP contribution in [0.25, 0.3) is 0 Å². The van der Waals surface area contributed by atoms with Crippen molar-refractivity contribution in [2.24, 2.45) is 0 Å². The molecule has 5 heteroatoms. The fourth-order valence-corrected chi connectivity index (χ4v) is 3.22. The molecule has 2 N–H and O–H groups in total. The number of rotatable bonds is 3. The first-order chi connectivity index (χ1) is 11.1. The van der Waals surface area contributed by atoms with Crippen LogP contribution in [-0.2, 0) is 9.59 Å². The number of benzene rings is 2. The molecule has 1 heterocycles. The summed E-state index contributed by atoms with van der Waals surface area (Å²) in [7, 11) is 0. The Bertz CT molecular complexity index is 772. The minimum atomic E-state index is -0.279. The van der Waals surface area contributed by atoms with E-state index in [1.54, 1.807) is 0 Å². The lowest BCUT2D eigenvalue weighted by Gasteiger charge is -2.18. The minimum Gasteiger partial charge on any atom is -0.346 e.